The summed E-state index contributed by atoms with van der Waals surface area (Å²) in [7, 11) is 0. The molecule has 0 N–H and O–H groups in total. The minimum Gasteiger partial charge on any atom is -0.309 e. The van der Waals surface area contributed by atoms with Crippen LogP contribution in [0.15, 0.2) is 152 Å². The van der Waals surface area contributed by atoms with Gasteiger partial charge in [-0.05, 0) is 104 Å². The van der Waals surface area contributed by atoms with Gasteiger partial charge in [0.2, 0.25) is 0 Å². The van der Waals surface area contributed by atoms with Gasteiger partial charge in [0.25, 0.3) is 0 Å². The molecular formula is C43H31N. The molecule has 208 valence electrons. The zero-order valence-electron chi connectivity index (χ0n) is 24.9. The first-order chi connectivity index (χ1) is 21.6. The number of aromatic nitrogens is 1. The van der Waals surface area contributed by atoms with Gasteiger partial charge in [0.1, 0.15) is 0 Å². The van der Waals surface area contributed by atoms with Crippen molar-refractivity contribution in [3.8, 4) is 39.1 Å². The first kappa shape index (κ1) is 25.1. The largest absolute Gasteiger partial charge is 0.309 e. The van der Waals surface area contributed by atoms with Gasteiger partial charge in [-0.15, -0.1) is 0 Å². The van der Waals surface area contributed by atoms with Crippen LogP contribution in [0.2, 0.25) is 0 Å². The van der Waals surface area contributed by atoms with Crippen molar-refractivity contribution in [1.82, 2.24) is 4.57 Å². The Morgan fingerprint density at radius 2 is 0.955 bits per heavy atom. The molecule has 0 fully saturated rings. The fraction of sp³-hybridized carbons (Fsp3) is 0.0698. The second kappa shape index (κ2) is 9.30. The third kappa shape index (κ3) is 3.66. The highest BCUT2D eigenvalue weighted by atomic mass is 15.0. The highest BCUT2D eigenvalue weighted by molar-refractivity contribution is 6.12. The van der Waals surface area contributed by atoms with Crippen LogP contribution in [-0.4, -0.2) is 4.57 Å². The molecule has 1 heterocycles. The number of hydrogen-bond acceptors (Lipinski definition) is 0. The van der Waals surface area contributed by atoms with E-state index in [9.17, 15) is 0 Å². The zero-order valence-corrected chi connectivity index (χ0v) is 24.9. The topological polar surface area (TPSA) is 4.93 Å². The van der Waals surface area contributed by atoms with Crippen LogP contribution in [0.25, 0.3) is 71.6 Å². The molecule has 1 aromatic heterocycles. The van der Waals surface area contributed by atoms with Crippen molar-refractivity contribution in [2.24, 2.45) is 0 Å². The SMILES string of the molecule is CC1(C)c2cc3ccccc3cc2-c2cc3c4ccccc4n(-c4cc(-c5ccccc5)cc(-c5ccccc5)c4)c3cc21. The molecule has 0 amide bonds. The van der Waals surface area contributed by atoms with Crippen LogP contribution in [0.5, 0.6) is 0 Å². The lowest BCUT2D eigenvalue weighted by atomic mass is 9.81. The Balaban J connectivity index is 1.35. The van der Waals surface area contributed by atoms with Crippen molar-refractivity contribution in [2.75, 3.05) is 0 Å². The molecule has 0 saturated carbocycles. The van der Waals surface area contributed by atoms with E-state index in [0.717, 1.165) is 0 Å². The third-order valence-electron chi connectivity index (χ3n) is 9.72. The molecule has 0 aliphatic heterocycles. The van der Waals surface area contributed by atoms with E-state index in [1.165, 1.54) is 82.8 Å². The summed E-state index contributed by atoms with van der Waals surface area (Å²) in [5.41, 5.74) is 13.9. The second-order valence-electron chi connectivity index (χ2n) is 12.6. The highest BCUT2D eigenvalue weighted by Gasteiger charge is 2.36. The molecule has 0 bridgehead atoms. The Labute approximate surface area is 257 Å². The van der Waals surface area contributed by atoms with Gasteiger partial charge < -0.3 is 4.57 Å². The Morgan fingerprint density at radius 1 is 0.409 bits per heavy atom. The molecular weight excluding hydrogens is 530 g/mol. The van der Waals surface area contributed by atoms with Crippen molar-refractivity contribution in [3.05, 3.63) is 163 Å². The van der Waals surface area contributed by atoms with Gasteiger partial charge in [-0.2, -0.15) is 0 Å². The van der Waals surface area contributed by atoms with Crippen LogP contribution in [-0.2, 0) is 5.41 Å². The number of nitrogens with zero attached hydrogens (tertiary/aromatic N) is 1. The van der Waals surface area contributed by atoms with Gasteiger partial charge in [-0.25, -0.2) is 0 Å². The molecule has 1 heteroatoms. The molecule has 8 aromatic rings. The smallest absolute Gasteiger partial charge is 0.0544 e. The Bertz CT molecular complexity index is 2330. The lowest BCUT2D eigenvalue weighted by Crippen LogP contribution is -2.15. The molecule has 9 rings (SSSR count). The van der Waals surface area contributed by atoms with Crippen LogP contribution < -0.4 is 0 Å². The van der Waals surface area contributed by atoms with E-state index in [1.54, 1.807) is 0 Å². The van der Waals surface area contributed by atoms with E-state index in [-0.39, 0.29) is 5.41 Å². The first-order valence-electron chi connectivity index (χ1n) is 15.4. The quantitative estimate of drug-likeness (QED) is 0.202. The minimum absolute atomic E-state index is 0.106. The summed E-state index contributed by atoms with van der Waals surface area (Å²) in [6.45, 7) is 4.77. The van der Waals surface area contributed by atoms with E-state index in [1.807, 2.05) is 0 Å². The average molecular weight is 562 g/mol. The Morgan fingerprint density at radius 3 is 1.64 bits per heavy atom. The van der Waals surface area contributed by atoms with Crippen molar-refractivity contribution in [3.63, 3.8) is 0 Å². The van der Waals surface area contributed by atoms with E-state index < -0.39 is 0 Å². The number of para-hydroxylation sites is 1. The van der Waals surface area contributed by atoms with Crippen LogP contribution in [0.3, 0.4) is 0 Å². The summed E-state index contributed by atoms with van der Waals surface area (Å²) >= 11 is 0. The van der Waals surface area contributed by atoms with Crippen LogP contribution in [0, 0.1) is 0 Å². The number of hydrogen-bond donors (Lipinski definition) is 0. The molecule has 0 saturated heterocycles. The molecule has 0 radical (unpaired) electrons. The van der Waals surface area contributed by atoms with E-state index in [0.29, 0.717) is 0 Å². The van der Waals surface area contributed by atoms with Crippen LogP contribution in [0.4, 0.5) is 0 Å². The number of fused-ring (bicyclic) bond motifs is 7. The van der Waals surface area contributed by atoms with Crippen molar-refractivity contribution in [1.29, 1.82) is 0 Å². The monoisotopic (exact) mass is 561 g/mol. The van der Waals surface area contributed by atoms with Gasteiger partial charge in [-0.3, -0.25) is 0 Å². The van der Waals surface area contributed by atoms with E-state index >= 15 is 0 Å². The van der Waals surface area contributed by atoms with Crippen molar-refractivity contribution >= 4 is 32.6 Å². The highest BCUT2D eigenvalue weighted by Crippen LogP contribution is 2.52. The van der Waals surface area contributed by atoms with Crippen LogP contribution in [0.1, 0.15) is 25.0 Å². The van der Waals surface area contributed by atoms with E-state index in [4.69, 9.17) is 0 Å². The maximum Gasteiger partial charge on any atom is 0.0544 e. The predicted octanol–water partition coefficient (Wildman–Crippen LogP) is 11.6. The predicted molar refractivity (Wildman–Crippen MR) is 187 cm³/mol. The van der Waals surface area contributed by atoms with Gasteiger partial charge in [-0.1, -0.05) is 117 Å². The zero-order chi connectivity index (χ0) is 29.4. The van der Waals surface area contributed by atoms with Crippen LogP contribution >= 0.6 is 0 Å². The molecule has 0 unspecified atom stereocenters. The summed E-state index contributed by atoms with van der Waals surface area (Å²) in [4.78, 5) is 0. The molecule has 7 aromatic carbocycles. The molecule has 44 heavy (non-hydrogen) atoms. The fourth-order valence-corrected chi connectivity index (χ4v) is 7.49. The fourth-order valence-electron chi connectivity index (χ4n) is 7.49. The molecule has 0 atom stereocenters. The third-order valence-corrected chi connectivity index (χ3v) is 9.72. The van der Waals surface area contributed by atoms with Crippen molar-refractivity contribution < 1.29 is 0 Å². The average Bonchev–Trinajstić information content (AvgIpc) is 3.51. The maximum atomic E-state index is 2.49. The second-order valence-corrected chi connectivity index (χ2v) is 12.6. The van der Waals surface area contributed by atoms with Crippen molar-refractivity contribution in [2.45, 2.75) is 19.3 Å². The summed E-state index contributed by atoms with van der Waals surface area (Å²) in [6.07, 6.45) is 0. The normalized spacial score (nSPS) is 13.4. The molecule has 1 nitrogen and oxygen atoms in total. The summed E-state index contributed by atoms with van der Waals surface area (Å²) in [6, 6.07) is 55.9. The summed E-state index contributed by atoms with van der Waals surface area (Å²) in [5, 5.41) is 5.17. The number of benzene rings is 7. The Kier molecular flexibility index (Phi) is 5.31. The van der Waals surface area contributed by atoms with Gasteiger partial charge in [0.15, 0.2) is 0 Å². The lowest BCUT2D eigenvalue weighted by Gasteiger charge is -2.22. The summed E-state index contributed by atoms with van der Waals surface area (Å²) in [5.74, 6) is 0. The van der Waals surface area contributed by atoms with Gasteiger partial charge in [0, 0.05) is 21.9 Å². The minimum atomic E-state index is -0.106. The molecule has 1 aliphatic rings. The molecule has 1 aliphatic carbocycles. The molecule has 0 spiro atoms. The van der Waals surface area contributed by atoms with Gasteiger partial charge >= 0.3 is 0 Å². The Hall–Kier alpha value is -5.40. The lowest BCUT2D eigenvalue weighted by molar-refractivity contribution is 0.662. The maximum absolute atomic E-state index is 2.49. The first-order valence-corrected chi connectivity index (χ1v) is 15.4. The summed E-state index contributed by atoms with van der Waals surface area (Å²) < 4.78 is 2.49. The van der Waals surface area contributed by atoms with Gasteiger partial charge in [0.05, 0.1) is 11.0 Å². The number of rotatable bonds is 3. The van der Waals surface area contributed by atoms with E-state index in [2.05, 4.69) is 170 Å². The standard InChI is InChI=1S/C43H31N/c1-43(2)39-25-31-18-10-9-17-30(31)24-36(39)37-26-38-35-19-11-12-20-41(35)44(42(38)27-40(37)43)34-22-32(28-13-5-3-6-14-28)21-33(23-34)29-15-7-4-8-16-29/h3-27H,1-2H3.